The Hall–Kier alpha value is -0.880. The molecule has 0 fully saturated rings. The molecule has 0 spiro atoms. The van der Waals surface area contributed by atoms with Gasteiger partial charge in [-0.15, -0.1) is 11.3 Å². The van der Waals surface area contributed by atoms with Crippen LogP contribution in [0.3, 0.4) is 0 Å². The lowest BCUT2D eigenvalue weighted by Gasteiger charge is -2.17. The number of hydrogen-bond donors (Lipinski definition) is 2. The first-order valence-corrected chi connectivity index (χ1v) is 7.74. The molecule has 2 rings (SSSR count). The van der Waals surface area contributed by atoms with Gasteiger partial charge in [-0.1, -0.05) is 12.1 Å². The molecule has 0 saturated heterocycles. The summed E-state index contributed by atoms with van der Waals surface area (Å²) in [6.07, 6.45) is 0.162. The van der Waals surface area contributed by atoms with E-state index in [0.717, 1.165) is 20.7 Å². The molecule has 19 heavy (non-hydrogen) atoms. The van der Waals surface area contributed by atoms with Gasteiger partial charge in [-0.05, 0) is 53.5 Å². The van der Waals surface area contributed by atoms with Crippen LogP contribution in [0.5, 0.6) is 5.75 Å². The van der Waals surface area contributed by atoms with E-state index in [1.165, 1.54) is 0 Å². The van der Waals surface area contributed by atoms with E-state index >= 15 is 0 Å². The third kappa shape index (κ3) is 3.79. The van der Waals surface area contributed by atoms with Gasteiger partial charge >= 0.3 is 0 Å². The summed E-state index contributed by atoms with van der Waals surface area (Å²) in [6.45, 7) is 4.03. The molecule has 0 radical (unpaired) electrons. The predicted octanol–water partition coefficient (Wildman–Crippen LogP) is 3.85. The number of rotatable bonds is 5. The summed E-state index contributed by atoms with van der Waals surface area (Å²) in [7, 11) is 0. The molecule has 1 unspecified atom stereocenters. The second-order valence-corrected chi connectivity index (χ2v) is 6.36. The Balaban J connectivity index is 2.28. The molecule has 0 saturated carbocycles. The Labute approximate surface area is 125 Å². The van der Waals surface area contributed by atoms with Crippen LogP contribution in [0.4, 0.5) is 0 Å². The van der Waals surface area contributed by atoms with Crippen LogP contribution < -0.4 is 16.0 Å². The van der Waals surface area contributed by atoms with Crippen molar-refractivity contribution in [1.29, 1.82) is 0 Å². The van der Waals surface area contributed by atoms with Gasteiger partial charge in [0.1, 0.15) is 5.75 Å². The summed E-state index contributed by atoms with van der Waals surface area (Å²) in [5, 5.41) is 2.05. The highest BCUT2D eigenvalue weighted by Crippen LogP contribution is 2.31. The standard InChI is InChI=1S/C14H17BrN2OS/c1-9(2)18-12-5-3-4-10(6-12)14(17-16)13-7-11(15)8-19-13/h3-9,14,17H,16H2,1-2H3. The van der Waals surface area contributed by atoms with Gasteiger partial charge in [0.25, 0.3) is 0 Å². The molecule has 0 amide bonds. The molecule has 1 atom stereocenters. The van der Waals surface area contributed by atoms with Crippen molar-refractivity contribution in [3.63, 3.8) is 0 Å². The smallest absolute Gasteiger partial charge is 0.120 e. The van der Waals surface area contributed by atoms with Gasteiger partial charge in [0.05, 0.1) is 12.1 Å². The first-order chi connectivity index (χ1) is 9.10. The number of halogens is 1. The Kier molecular flexibility index (Phi) is 4.99. The molecule has 0 aliphatic carbocycles. The normalized spacial score (nSPS) is 12.7. The molecule has 0 aliphatic rings. The Bertz CT molecular complexity index is 542. The SMILES string of the molecule is CC(C)Oc1cccc(C(NN)c2cc(Br)cs2)c1. The fourth-order valence-electron chi connectivity index (χ4n) is 1.86. The molecule has 0 aliphatic heterocycles. The largest absolute Gasteiger partial charge is 0.491 e. The molecule has 1 aromatic carbocycles. The summed E-state index contributed by atoms with van der Waals surface area (Å²) in [6, 6.07) is 10.1. The van der Waals surface area contributed by atoms with Crippen LogP contribution in [-0.4, -0.2) is 6.10 Å². The van der Waals surface area contributed by atoms with Crippen LogP contribution in [0.2, 0.25) is 0 Å². The molecule has 3 N–H and O–H groups in total. The van der Waals surface area contributed by atoms with Crippen molar-refractivity contribution < 1.29 is 4.74 Å². The second-order valence-electron chi connectivity index (χ2n) is 4.51. The van der Waals surface area contributed by atoms with Crippen LogP contribution >= 0.6 is 27.3 Å². The summed E-state index contributed by atoms with van der Waals surface area (Å²) >= 11 is 5.13. The number of nitrogens with one attached hydrogen (secondary N) is 1. The molecule has 3 nitrogen and oxygen atoms in total. The summed E-state index contributed by atoms with van der Waals surface area (Å²) in [4.78, 5) is 1.16. The Morgan fingerprint density at radius 3 is 2.68 bits per heavy atom. The average Bonchev–Trinajstić information content (AvgIpc) is 2.76. The second kappa shape index (κ2) is 6.52. The van der Waals surface area contributed by atoms with E-state index in [4.69, 9.17) is 10.6 Å². The molecule has 1 heterocycles. The van der Waals surface area contributed by atoms with Gasteiger partial charge in [0, 0.05) is 14.7 Å². The number of ether oxygens (including phenoxy) is 1. The molecule has 0 bridgehead atoms. The molecule has 5 heteroatoms. The van der Waals surface area contributed by atoms with E-state index in [-0.39, 0.29) is 12.1 Å². The minimum Gasteiger partial charge on any atom is -0.491 e. The van der Waals surface area contributed by atoms with E-state index in [1.807, 2.05) is 43.5 Å². The van der Waals surface area contributed by atoms with Gasteiger partial charge < -0.3 is 4.74 Å². The monoisotopic (exact) mass is 340 g/mol. The summed E-state index contributed by atoms with van der Waals surface area (Å²) < 4.78 is 6.79. The molecular weight excluding hydrogens is 324 g/mol. The van der Waals surface area contributed by atoms with E-state index < -0.39 is 0 Å². The van der Waals surface area contributed by atoms with Crippen molar-refractivity contribution >= 4 is 27.3 Å². The fourth-order valence-corrected chi connectivity index (χ4v) is 3.39. The van der Waals surface area contributed by atoms with Crippen molar-refractivity contribution in [3.8, 4) is 5.75 Å². The molecule has 1 aromatic heterocycles. The number of thiophene rings is 1. The zero-order valence-corrected chi connectivity index (χ0v) is 13.3. The van der Waals surface area contributed by atoms with Gasteiger partial charge in [0.2, 0.25) is 0 Å². The van der Waals surface area contributed by atoms with Crippen molar-refractivity contribution in [3.05, 3.63) is 50.6 Å². The van der Waals surface area contributed by atoms with Crippen molar-refractivity contribution in [1.82, 2.24) is 5.43 Å². The minimum absolute atomic E-state index is 0.0213. The number of nitrogens with two attached hydrogens (primary N) is 1. The van der Waals surface area contributed by atoms with E-state index in [0.29, 0.717) is 0 Å². The highest BCUT2D eigenvalue weighted by Gasteiger charge is 2.15. The number of benzene rings is 1. The van der Waals surface area contributed by atoms with Crippen LogP contribution in [0.1, 0.15) is 30.3 Å². The van der Waals surface area contributed by atoms with Gasteiger partial charge in [-0.2, -0.15) is 0 Å². The van der Waals surface area contributed by atoms with Crippen LogP contribution in [0.25, 0.3) is 0 Å². The number of hydrogen-bond acceptors (Lipinski definition) is 4. The quantitative estimate of drug-likeness (QED) is 0.641. The van der Waals surface area contributed by atoms with Gasteiger partial charge in [-0.25, -0.2) is 5.43 Å². The Morgan fingerprint density at radius 2 is 2.11 bits per heavy atom. The number of hydrazine groups is 1. The average molecular weight is 341 g/mol. The third-order valence-corrected chi connectivity index (χ3v) is 4.36. The first-order valence-electron chi connectivity index (χ1n) is 6.07. The Morgan fingerprint density at radius 1 is 1.32 bits per heavy atom. The topological polar surface area (TPSA) is 47.3 Å². The lowest BCUT2D eigenvalue weighted by Crippen LogP contribution is -2.28. The zero-order chi connectivity index (χ0) is 13.8. The third-order valence-electron chi connectivity index (χ3n) is 2.60. The fraction of sp³-hybridized carbons (Fsp3) is 0.286. The van der Waals surface area contributed by atoms with Crippen molar-refractivity contribution in [2.24, 2.45) is 5.84 Å². The van der Waals surface area contributed by atoms with Crippen molar-refractivity contribution in [2.75, 3.05) is 0 Å². The van der Waals surface area contributed by atoms with Crippen LogP contribution in [-0.2, 0) is 0 Å². The predicted molar refractivity (Wildman–Crippen MR) is 83.4 cm³/mol. The molecule has 2 aromatic rings. The summed E-state index contributed by atoms with van der Waals surface area (Å²) in [5.41, 5.74) is 3.96. The van der Waals surface area contributed by atoms with E-state index in [1.54, 1.807) is 11.3 Å². The molecular formula is C14H17BrN2OS. The molecule has 102 valence electrons. The highest BCUT2D eigenvalue weighted by atomic mass is 79.9. The van der Waals surface area contributed by atoms with Gasteiger partial charge in [0.15, 0.2) is 0 Å². The zero-order valence-electron chi connectivity index (χ0n) is 10.9. The van der Waals surface area contributed by atoms with Crippen LogP contribution in [0.15, 0.2) is 40.2 Å². The highest BCUT2D eigenvalue weighted by molar-refractivity contribution is 9.10. The van der Waals surface area contributed by atoms with E-state index in [2.05, 4.69) is 27.4 Å². The van der Waals surface area contributed by atoms with Gasteiger partial charge in [-0.3, -0.25) is 5.84 Å². The van der Waals surface area contributed by atoms with E-state index in [9.17, 15) is 0 Å². The maximum atomic E-state index is 5.72. The lowest BCUT2D eigenvalue weighted by atomic mass is 10.1. The lowest BCUT2D eigenvalue weighted by molar-refractivity contribution is 0.242. The van der Waals surface area contributed by atoms with Crippen molar-refractivity contribution in [2.45, 2.75) is 26.0 Å². The maximum Gasteiger partial charge on any atom is 0.120 e. The summed E-state index contributed by atoms with van der Waals surface area (Å²) in [5.74, 6) is 6.56. The minimum atomic E-state index is -0.0213. The maximum absolute atomic E-state index is 5.72. The first kappa shape index (κ1) is 14.5. The van der Waals surface area contributed by atoms with Crippen LogP contribution in [0, 0.1) is 0 Å².